The molecule has 0 heterocycles. The van der Waals surface area contributed by atoms with E-state index in [2.05, 4.69) is 5.43 Å². The molecule has 0 bridgehead atoms. The number of nitrogens with one attached hydrogen (secondary N) is 1. The highest BCUT2D eigenvalue weighted by Crippen LogP contribution is 2.32. The van der Waals surface area contributed by atoms with Crippen LogP contribution in [0, 0.1) is 11.6 Å². The number of halogens is 4. The molecule has 0 saturated carbocycles. The lowest BCUT2D eigenvalue weighted by Gasteiger charge is -2.19. The first kappa shape index (κ1) is 14.2. The summed E-state index contributed by atoms with van der Waals surface area (Å²) in [5.74, 6) is 4.25. The van der Waals surface area contributed by atoms with Crippen molar-refractivity contribution in [3.63, 3.8) is 0 Å². The van der Waals surface area contributed by atoms with E-state index in [1.165, 1.54) is 30.3 Å². The number of nitrogens with two attached hydrogens (primary N) is 1. The van der Waals surface area contributed by atoms with Crippen molar-refractivity contribution in [1.82, 2.24) is 5.43 Å². The van der Waals surface area contributed by atoms with Crippen LogP contribution in [0.5, 0.6) is 0 Å². The largest absolute Gasteiger partial charge is 0.271 e. The molecule has 0 aliphatic carbocycles. The summed E-state index contributed by atoms with van der Waals surface area (Å²) >= 11 is 11.6. The van der Waals surface area contributed by atoms with Gasteiger partial charge in [0, 0.05) is 21.2 Å². The molecule has 0 aromatic heterocycles. The van der Waals surface area contributed by atoms with Crippen LogP contribution in [0.2, 0.25) is 10.0 Å². The molecule has 19 heavy (non-hydrogen) atoms. The summed E-state index contributed by atoms with van der Waals surface area (Å²) in [7, 11) is 0. The van der Waals surface area contributed by atoms with E-state index in [9.17, 15) is 8.78 Å². The van der Waals surface area contributed by atoms with Gasteiger partial charge < -0.3 is 0 Å². The highest BCUT2D eigenvalue weighted by atomic mass is 35.5. The van der Waals surface area contributed by atoms with Crippen LogP contribution in [0.15, 0.2) is 36.4 Å². The minimum Gasteiger partial charge on any atom is -0.271 e. The fourth-order valence-electron chi connectivity index (χ4n) is 1.85. The Labute approximate surface area is 119 Å². The Bertz CT molecular complexity index is 585. The lowest BCUT2D eigenvalue weighted by atomic mass is 9.98. The molecule has 1 unspecified atom stereocenters. The van der Waals surface area contributed by atoms with E-state index in [-0.39, 0.29) is 21.2 Å². The summed E-state index contributed by atoms with van der Waals surface area (Å²) in [4.78, 5) is 0. The van der Waals surface area contributed by atoms with Gasteiger partial charge in [0.15, 0.2) is 0 Å². The van der Waals surface area contributed by atoms with Crippen molar-refractivity contribution >= 4 is 23.2 Å². The first-order chi connectivity index (χ1) is 9.04. The molecular weight excluding hydrogens is 293 g/mol. The summed E-state index contributed by atoms with van der Waals surface area (Å²) in [6.07, 6.45) is 0. The Morgan fingerprint density at radius 2 is 1.79 bits per heavy atom. The van der Waals surface area contributed by atoms with E-state index in [0.29, 0.717) is 0 Å². The lowest BCUT2D eigenvalue weighted by Crippen LogP contribution is -2.30. The Hall–Kier alpha value is -1.20. The minimum absolute atomic E-state index is 0.0906. The molecule has 0 spiro atoms. The zero-order valence-electron chi connectivity index (χ0n) is 9.63. The molecule has 0 fully saturated rings. The van der Waals surface area contributed by atoms with Gasteiger partial charge in [-0.15, -0.1) is 0 Å². The maximum atomic E-state index is 13.9. The summed E-state index contributed by atoms with van der Waals surface area (Å²) in [6.45, 7) is 0. The molecule has 0 aliphatic rings. The van der Waals surface area contributed by atoms with Crippen LogP contribution in [0.1, 0.15) is 17.2 Å². The molecule has 3 N–H and O–H groups in total. The Morgan fingerprint density at radius 1 is 1.05 bits per heavy atom. The molecule has 2 aromatic rings. The zero-order valence-corrected chi connectivity index (χ0v) is 11.1. The maximum Gasteiger partial charge on any atom is 0.129 e. The third-order valence-corrected chi connectivity index (χ3v) is 3.29. The predicted molar refractivity (Wildman–Crippen MR) is 72.0 cm³/mol. The quantitative estimate of drug-likeness (QED) is 0.668. The minimum atomic E-state index is -0.897. The van der Waals surface area contributed by atoms with Gasteiger partial charge >= 0.3 is 0 Å². The van der Waals surface area contributed by atoms with Crippen molar-refractivity contribution in [2.45, 2.75) is 6.04 Å². The molecule has 2 aromatic carbocycles. The molecule has 0 radical (unpaired) electrons. The second-order valence-corrected chi connectivity index (χ2v) is 4.74. The first-order valence-corrected chi connectivity index (χ1v) is 6.15. The average molecular weight is 303 g/mol. The monoisotopic (exact) mass is 302 g/mol. The summed E-state index contributed by atoms with van der Waals surface area (Å²) in [5.41, 5.74) is 2.63. The van der Waals surface area contributed by atoms with Crippen molar-refractivity contribution in [2.75, 3.05) is 0 Å². The number of benzene rings is 2. The van der Waals surface area contributed by atoms with Crippen LogP contribution in [0.3, 0.4) is 0 Å². The highest BCUT2D eigenvalue weighted by molar-refractivity contribution is 6.31. The fourth-order valence-corrected chi connectivity index (χ4v) is 2.28. The van der Waals surface area contributed by atoms with Crippen molar-refractivity contribution in [3.05, 3.63) is 69.2 Å². The average Bonchev–Trinajstić information content (AvgIpc) is 2.35. The number of hydrazine groups is 1. The summed E-state index contributed by atoms with van der Waals surface area (Å²) in [5, 5.41) is 0.411. The predicted octanol–water partition coefficient (Wildman–Crippen LogP) is 3.82. The van der Waals surface area contributed by atoms with E-state index < -0.39 is 17.7 Å². The molecule has 0 amide bonds. The summed E-state index contributed by atoms with van der Waals surface area (Å²) in [6, 6.07) is 7.38. The van der Waals surface area contributed by atoms with Gasteiger partial charge in [0.25, 0.3) is 0 Å². The molecule has 1 atom stereocenters. The first-order valence-electron chi connectivity index (χ1n) is 5.39. The highest BCUT2D eigenvalue weighted by Gasteiger charge is 2.22. The maximum absolute atomic E-state index is 13.9. The van der Waals surface area contributed by atoms with E-state index in [0.717, 1.165) is 6.07 Å². The van der Waals surface area contributed by atoms with Gasteiger partial charge in [0.2, 0.25) is 0 Å². The molecule has 2 nitrogen and oxygen atoms in total. The molecule has 2 rings (SSSR count). The van der Waals surface area contributed by atoms with Crippen molar-refractivity contribution < 1.29 is 8.78 Å². The Kier molecular flexibility index (Phi) is 4.37. The number of hydrogen-bond acceptors (Lipinski definition) is 2. The fraction of sp³-hybridized carbons (Fsp3) is 0.0769. The van der Waals surface area contributed by atoms with Crippen LogP contribution in [0.25, 0.3) is 0 Å². The zero-order chi connectivity index (χ0) is 14.0. The van der Waals surface area contributed by atoms with Crippen molar-refractivity contribution in [3.8, 4) is 0 Å². The molecule has 6 heteroatoms. The molecular formula is C13H10Cl2F2N2. The molecule has 0 saturated heterocycles. The van der Waals surface area contributed by atoms with E-state index in [1.807, 2.05) is 0 Å². The van der Waals surface area contributed by atoms with Crippen LogP contribution < -0.4 is 11.3 Å². The lowest BCUT2D eigenvalue weighted by molar-refractivity contribution is 0.531. The van der Waals surface area contributed by atoms with Gasteiger partial charge in [-0.05, 0) is 24.3 Å². The molecule has 100 valence electrons. The van der Waals surface area contributed by atoms with E-state index >= 15 is 0 Å². The van der Waals surface area contributed by atoms with Gasteiger partial charge in [-0.2, -0.15) is 0 Å². The standard InChI is InChI=1S/C13H10Cl2F2N2/c14-7-4-5-8(11(17)6-7)13(19-18)12-9(15)2-1-3-10(12)16/h1-6,13,19H,18H2. The van der Waals surface area contributed by atoms with Crippen molar-refractivity contribution in [1.29, 1.82) is 0 Å². The van der Waals surface area contributed by atoms with Gasteiger partial charge in [-0.3, -0.25) is 5.84 Å². The number of rotatable bonds is 3. The Balaban J connectivity index is 2.56. The van der Waals surface area contributed by atoms with Crippen LogP contribution >= 0.6 is 23.2 Å². The van der Waals surface area contributed by atoms with Crippen molar-refractivity contribution in [2.24, 2.45) is 5.84 Å². The third kappa shape index (κ3) is 2.87. The van der Waals surface area contributed by atoms with E-state index in [1.54, 1.807) is 0 Å². The van der Waals surface area contributed by atoms with Gasteiger partial charge in [0.05, 0.1) is 6.04 Å². The third-order valence-electron chi connectivity index (χ3n) is 2.73. The Morgan fingerprint density at radius 3 is 2.37 bits per heavy atom. The second kappa shape index (κ2) is 5.84. The van der Waals surface area contributed by atoms with Gasteiger partial charge in [0.1, 0.15) is 11.6 Å². The normalized spacial score (nSPS) is 12.5. The SMILES string of the molecule is NNC(c1ccc(Cl)cc1F)c1c(F)cccc1Cl. The van der Waals surface area contributed by atoms with Crippen LogP contribution in [-0.4, -0.2) is 0 Å². The second-order valence-electron chi connectivity index (χ2n) is 3.90. The van der Waals surface area contributed by atoms with Gasteiger partial charge in [-0.1, -0.05) is 35.3 Å². The van der Waals surface area contributed by atoms with Gasteiger partial charge in [-0.25, -0.2) is 14.2 Å². The smallest absolute Gasteiger partial charge is 0.129 e. The van der Waals surface area contributed by atoms with Crippen LogP contribution in [0.4, 0.5) is 8.78 Å². The van der Waals surface area contributed by atoms with E-state index in [4.69, 9.17) is 29.0 Å². The summed E-state index contributed by atoms with van der Waals surface area (Å²) < 4.78 is 27.7. The van der Waals surface area contributed by atoms with Crippen LogP contribution in [-0.2, 0) is 0 Å². The molecule has 0 aliphatic heterocycles. The topological polar surface area (TPSA) is 38.0 Å². The number of hydrogen-bond donors (Lipinski definition) is 2.